The zero-order valence-electron chi connectivity index (χ0n) is 12.8. The van der Waals surface area contributed by atoms with Crippen LogP contribution in [-0.2, 0) is 21.3 Å². The number of nitrogens with zero attached hydrogens (tertiary/aromatic N) is 1. The molecule has 0 radical (unpaired) electrons. The molecule has 25 heavy (non-hydrogen) atoms. The maximum atomic E-state index is 13.2. The number of halogens is 3. The summed E-state index contributed by atoms with van der Waals surface area (Å²) in [5.41, 5.74) is -2.51. The van der Waals surface area contributed by atoms with E-state index in [9.17, 15) is 28.2 Å². The number of alkyl halides is 3. The molecule has 0 aliphatic carbocycles. The van der Waals surface area contributed by atoms with Gasteiger partial charge in [-0.1, -0.05) is 24.3 Å². The van der Waals surface area contributed by atoms with Crippen LogP contribution in [-0.4, -0.2) is 21.2 Å². The maximum Gasteiger partial charge on any atom is 0.433 e. The van der Waals surface area contributed by atoms with Crippen molar-refractivity contribution in [3.8, 4) is 11.1 Å². The predicted molar refractivity (Wildman–Crippen MR) is 80.4 cm³/mol. The highest BCUT2D eigenvalue weighted by Gasteiger charge is 2.46. The van der Waals surface area contributed by atoms with Crippen LogP contribution in [0.2, 0.25) is 0 Å². The fraction of sp³-hybridized carbons (Fsp3) is 0.176. The van der Waals surface area contributed by atoms with Crippen LogP contribution < -0.4 is 0 Å². The predicted octanol–water partition coefficient (Wildman–Crippen LogP) is 3.87. The second-order valence-corrected chi connectivity index (χ2v) is 5.60. The molecule has 130 valence electrons. The number of aromatic nitrogens is 1. The van der Waals surface area contributed by atoms with Crippen molar-refractivity contribution in [1.82, 2.24) is 4.98 Å². The van der Waals surface area contributed by atoms with Crippen LogP contribution in [0.3, 0.4) is 0 Å². The highest BCUT2D eigenvalue weighted by molar-refractivity contribution is 5.90. The molecule has 1 atom stereocenters. The molecule has 2 N–H and O–H groups in total. The standard InChI is InChI=1S/C17H12F3NO4/c1-16(14(23)12(22)15(24)25-16)10-5-2-4-9(8-10)11-6-3-7-21-13(11)17(18,19)20/h2-8,22-23H,1H3. The lowest BCUT2D eigenvalue weighted by atomic mass is 9.91. The number of ether oxygens (including phenoxy) is 1. The van der Waals surface area contributed by atoms with Crippen LogP contribution in [0.5, 0.6) is 0 Å². The van der Waals surface area contributed by atoms with E-state index in [-0.39, 0.29) is 16.7 Å². The minimum absolute atomic E-state index is 0.155. The first-order valence-electron chi connectivity index (χ1n) is 7.14. The molecule has 3 rings (SSSR count). The third kappa shape index (κ3) is 2.69. The molecule has 0 saturated heterocycles. The van der Waals surface area contributed by atoms with Crippen LogP contribution >= 0.6 is 0 Å². The van der Waals surface area contributed by atoms with Gasteiger partial charge in [0.1, 0.15) is 0 Å². The average molecular weight is 351 g/mol. The first kappa shape index (κ1) is 16.8. The average Bonchev–Trinajstić information content (AvgIpc) is 2.78. The largest absolute Gasteiger partial charge is 0.505 e. The van der Waals surface area contributed by atoms with Gasteiger partial charge in [0, 0.05) is 17.3 Å². The van der Waals surface area contributed by atoms with Crippen LogP contribution in [0, 0.1) is 0 Å². The molecule has 2 aromatic rings. The number of pyridine rings is 1. The van der Waals surface area contributed by atoms with Gasteiger partial charge in [0.15, 0.2) is 17.1 Å². The number of rotatable bonds is 2. The number of carbonyl (C=O) groups is 1. The first-order chi connectivity index (χ1) is 11.6. The zero-order chi connectivity index (χ0) is 18.4. The summed E-state index contributed by atoms with van der Waals surface area (Å²) in [6.45, 7) is 1.33. The van der Waals surface area contributed by atoms with Gasteiger partial charge in [-0.05, 0) is 24.6 Å². The Bertz CT molecular complexity index is 891. The second kappa shape index (κ2) is 5.51. The Balaban J connectivity index is 2.13. The van der Waals surface area contributed by atoms with E-state index in [0.29, 0.717) is 0 Å². The number of cyclic esters (lactones) is 1. The molecule has 0 fully saturated rings. The molecular formula is C17H12F3NO4. The Hall–Kier alpha value is -3.03. The molecule has 8 heteroatoms. The van der Waals surface area contributed by atoms with Crippen molar-refractivity contribution in [2.45, 2.75) is 18.7 Å². The number of carbonyl (C=O) groups excluding carboxylic acids is 1. The fourth-order valence-electron chi connectivity index (χ4n) is 2.65. The molecule has 1 aromatic heterocycles. The highest BCUT2D eigenvalue weighted by Crippen LogP contribution is 2.41. The molecule has 0 saturated carbocycles. The summed E-state index contributed by atoms with van der Waals surface area (Å²) in [7, 11) is 0. The van der Waals surface area contributed by atoms with Crippen LogP contribution in [0.4, 0.5) is 13.2 Å². The summed E-state index contributed by atoms with van der Waals surface area (Å²) < 4.78 is 44.5. The molecule has 1 unspecified atom stereocenters. The van der Waals surface area contributed by atoms with E-state index < -0.39 is 35.0 Å². The molecule has 0 spiro atoms. The summed E-state index contributed by atoms with van der Waals surface area (Å²) in [6.07, 6.45) is -3.60. The van der Waals surface area contributed by atoms with Gasteiger partial charge in [-0.15, -0.1) is 0 Å². The number of aliphatic hydroxyl groups is 2. The Labute approximate surface area is 140 Å². The Kier molecular flexibility index (Phi) is 3.70. The summed E-state index contributed by atoms with van der Waals surface area (Å²) in [6, 6.07) is 8.35. The molecule has 1 aliphatic rings. The Morgan fingerprint density at radius 2 is 1.88 bits per heavy atom. The second-order valence-electron chi connectivity index (χ2n) is 5.60. The number of esters is 1. The van der Waals surface area contributed by atoms with Crippen molar-refractivity contribution in [3.63, 3.8) is 0 Å². The lowest BCUT2D eigenvalue weighted by Gasteiger charge is -2.24. The lowest BCUT2D eigenvalue weighted by molar-refractivity contribution is -0.149. The van der Waals surface area contributed by atoms with Gasteiger partial charge in [-0.2, -0.15) is 13.2 Å². The van der Waals surface area contributed by atoms with Crippen LogP contribution in [0.15, 0.2) is 54.1 Å². The van der Waals surface area contributed by atoms with E-state index in [1.807, 2.05) is 0 Å². The third-order valence-electron chi connectivity index (χ3n) is 3.97. The van der Waals surface area contributed by atoms with E-state index in [1.54, 1.807) is 0 Å². The smallest absolute Gasteiger partial charge is 0.433 e. The van der Waals surface area contributed by atoms with Gasteiger partial charge in [-0.3, -0.25) is 4.98 Å². The van der Waals surface area contributed by atoms with E-state index in [1.165, 1.54) is 43.3 Å². The van der Waals surface area contributed by atoms with E-state index in [2.05, 4.69) is 4.98 Å². The van der Waals surface area contributed by atoms with Crippen LogP contribution in [0.25, 0.3) is 11.1 Å². The molecular weight excluding hydrogens is 339 g/mol. The molecule has 0 bridgehead atoms. The van der Waals surface area contributed by atoms with E-state index in [0.717, 1.165) is 6.20 Å². The summed E-state index contributed by atoms with van der Waals surface area (Å²) in [5.74, 6) is -2.73. The molecule has 2 heterocycles. The first-order valence-corrected chi connectivity index (χ1v) is 7.14. The number of hydrogen-bond acceptors (Lipinski definition) is 5. The van der Waals surface area contributed by atoms with E-state index in [4.69, 9.17) is 4.74 Å². The maximum absolute atomic E-state index is 13.2. The SMILES string of the molecule is CC1(c2cccc(-c3cccnc3C(F)(F)F)c2)OC(=O)C(O)=C1O. The quantitative estimate of drug-likeness (QED) is 0.803. The molecule has 5 nitrogen and oxygen atoms in total. The summed E-state index contributed by atoms with van der Waals surface area (Å²) >= 11 is 0. The molecule has 0 amide bonds. The Morgan fingerprint density at radius 1 is 1.16 bits per heavy atom. The van der Waals surface area contributed by atoms with Gasteiger partial charge < -0.3 is 14.9 Å². The van der Waals surface area contributed by atoms with Gasteiger partial charge >= 0.3 is 12.1 Å². The van der Waals surface area contributed by atoms with Crippen molar-refractivity contribution in [2.75, 3.05) is 0 Å². The topological polar surface area (TPSA) is 79.7 Å². The summed E-state index contributed by atoms with van der Waals surface area (Å²) in [4.78, 5) is 14.9. The number of hydrogen-bond donors (Lipinski definition) is 2. The van der Waals surface area contributed by atoms with Gasteiger partial charge in [0.2, 0.25) is 5.76 Å². The van der Waals surface area contributed by atoms with Crippen molar-refractivity contribution >= 4 is 5.97 Å². The Morgan fingerprint density at radius 3 is 2.48 bits per heavy atom. The van der Waals surface area contributed by atoms with E-state index >= 15 is 0 Å². The van der Waals surface area contributed by atoms with Crippen molar-refractivity contribution in [3.05, 3.63) is 65.4 Å². The highest BCUT2D eigenvalue weighted by atomic mass is 19.4. The fourth-order valence-corrected chi connectivity index (χ4v) is 2.65. The van der Waals surface area contributed by atoms with Gasteiger partial charge in [0.05, 0.1) is 0 Å². The van der Waals surface area contributed by atoms with Crippen molar-refractivity contribution in [1.29, 1.82) is 0 Å². The van der Waals surface area contributed by atoms with Gasteiger partial charge in [0.25, 0.3) is 0 Å². The van der Waals surface area contributed by atoms with Crippen LogP contribution in [0.1, 0.15) is 18.2 Å². The third-order valence-corrected chi connectivity index (χ3v) is 3.97. The normalized spacial score (nSPS) is 20.7. The van der Waals surface area contributed by atoms with Gasteiger partial charge in [-0.25, -0.2) is 4.79 Å². The molecule has 1 aromatic carbocycles. The number of benzene rings is 1. The lowest BCUT2D eigenvalue weighted by Crippen LogP contribution is -2.25. The minimum Gasteiger partial charge on any atom is -0.505 e. The molecule has 1 aliphatic heterocycles. The van der Waals surface area contributed by atoms with Crippen molar-refractivity contribution in [2.24, 2.45) is 0 Å². The minimum atomic E-state index is -4.64. The number of aliphatic hydroxyl groups excluding tert-OH is 2. The zero-order valence-corrected chi connectivity index (χ0v) is 12.8. The monoisotopic (exact) mass is 351 g/mol. The summed E-state index contributed by atoms with van der Waals surface area (Å²) in [5, 5.41) is 19.5. The van der Waals surface area contributed by atoms with Crippen molar-refractivity contribution < 1.29 is 32.9 Å².